The van der Waals surface area contributed by atoms with Crippen molar-refractivity contribution < 1.29 is 13.2 Å². The van der Waals surface area contributed by atoms with Crippen LogP contribution < -0.4 is 9.62 Å². The Morgan fingerprint density at radius 3 is 2.32 bits per heavy atom. The summed E-state index contributed by atoms with van der Waals surface area (Å²) in [5.41, 5.74) is 3.80. The Kier molecular flexibility index (Phi) is 7.10. The molecule has 3 aromatic rings. The van der Waals surface area contributed by atoms with E-state index in [1.54, 1.807) is 37.3 Å². The lowest BCUT2D eigenvalue weighted by atomic mass is 9.95. The number of anilines is 2. The van der Waals surface area contributed by atoms with Crippen LogP contribution in [0, 0.1) is 0 Å². The highest BCUT2D eigenvalue weighted by atomic mass is 35.5. The third kappa shape index (κ3) is 4.61. The topological polar surface area (TPSA) is 66.5 Å². The highest BCUT2D eigenvalue weighted by molar-refractivity contribution is 7.97. The second kappa shape index (κ2) is 10.0. The van der Waals surface area contributed by atoms with Gasteiger partial charge in [-0.15, -0.1) is 0 Å². The van der Waals surface area contributed by atoms with Crippen LogP contribution >= 0.6 is 11.6 Å². The summed E-state index contributed by atoms with van der Waals surface area (Å²) in [6, 6.07) is 21.7. The molecular formula is C27H27ClN2O3S. The third-order valence-corrected chi connectivity index (χ3v) is 8.03. The van der Waals surface area contributed by atoms with Gasteiger partial charge in [-0.05, 0) is 61.2 Å². The van der Waals surface area contributed by atoms with Gasteiger partial charge < -0.3 is 5.32 Å². The van der Waals surface area contributed by atoms with Crippen molar-refractivity contribution in [2.24, 2.45) is 0 Å². The van der Waals surface area contributed by atoms with E-state index in [-0.39, 0.29) is 11.4 Å². The zero-order chi connectivity index (χ0) is 24.3. The van der Waals surface area contributed by atoms with Crippen LogP contribution in [0.15, 0.2) is 77.7 Å². The number of benzene rings is 3. The second-order valence-corrected chi connectivity index (χ2v) is 10.4. The van der Waals surface area contributed by atoms with E-state index in [1.807, 2.05) is 42.5 Å². The molecule has 5 nitrogen and oxygen atoms in total. The van der Waals surface area contributed by atoms with Crippen molar-refractivity contribution in [1.82, 2.24) is 0 Å². The lowest BCUT2D eigenvalue weighted by molar-refractivity contribution is -0.112. The Bertz CT molecular complexity index is 1330. The average Bonchev–Trinajstić information content (AvgIpc) is 2.83. The summed E-state index contributed by atoms with van der Waals surface area (Å²) in [7, 11) is -4.12. The van der Waals surface area contributed by atoms with Crippen molar-refractivity contribution in [1.29, 1.82) is 0 Å². The quantitative estimate of drug-likeness (QED) is 0.422. The number of hydrogen-bond donors (Lipinski definition) is 1. The van der Waals surface area contributed by atoms with Gasteiger partial charge in [0.1, 0.15) is 0 Å². The van der Waals surface area contributed by atoms with E-state index in [1.165, 1.54) is 9.87 Å². The van der Waals surface area contributed by atoms with E-state index in [4.69, 9.17) is 11.6 Å². The van der Waals surface area contributed by atoms with Gasteiger partial charge in [-0.2, -0.15) is 0 Å². The predicted octanol–water partition coefficient (Wildman–Crippen LogP) is 6.25. The maximum atomic E-state index is 13.8. The minimum Gasteiger partial charge on any atom is -0.321 e. The largest absolute Gasteiger partial charge is 0.321 e. The molecule has 0 saturated carbocycles. The molecule has 0 unspecified atom stereocenters. The van der Waals surface area contributed by atoms with Crippen LogP contribution in [-0.2, 0) is 21.2 Å². The Morgan fingerprint density at radius 1 is 0.971 bits per heavy atom. The number of nitrogens with zero attached hydrogens (tertiary/aromatic N) is 1. The highest BCUT2D eigenvalue weighted by Crippen LogP contribution is 2.44. The van der Waals surface area contributed by atoms with Crippen molar-refractivity contribution in [2.45, 2.75) is 33.1 Å². The zero-order valence-corrected chi connectivity index (χ0v) is 20.8. The smallest absolute Gasteiger partial charge is 0.270 e. The monoisotopic (exact) mass is 494 g/mol. The van der Waals surface area contributed by atoms with Gasteiger partial charge >= 0.3 is 0 Å². The first kappa shape index (κ1) is 24.0. The number of aryl methyl sites for hydroxylation is 1. The van der Waals surface area contributed by atoms with Gasteiger partial charge in [-0.25, -0.2) is 8.42 Å². The minimum absolute atomic E-state index is 0.182. The summed E-state index contributed by atoms with van der Waals surface area (Å²) >= 11 is 6.31. The van der Waals surface area contributed by atoms with E-state index in [2.05, 4.69) is 12.2 Å². The summed E-state index contributed by atoms with van der Waals surface area (Å²) in [6.45, 7) is 4.07. The molecule has 1 aliphatic heterocycles. The van der Waals surface area contributed by atoms with Gasteiger partial charge in [0.05, 0.1) is 5.69 Å². The van der Waals surface area contributed by atoms with E-state index >= 15 is 0 Å². The number of sulfonamides is 1. The minimum atomic E-state index is -4.12. The summed E-state index contributed by atoms with van der Waals surface area (Å²) < 4.78 is 28.8. The Labute approximate surface area is 206 Å². The standard InChI is InChI=1S/C27H27ClN2O3S/c1-3-5-9-19-12-15-22(16-13-19)29-27(31)26-25(20-10-7-6-8-11-20)23-18-21(28)14-17-24(23)30(4-2)34(26,32)33/h6-8,10-18H,3-5,9H2,1-2H3,(H,29,31). The van der Waals surface area contributed by atoms with Crippen LogP contribution in [0.5, 0.6) is 0 Å². The Balaban J connectivity index is 1.86. The van der Waals surface area contributed by atoms with Gasteiger partial charge in [-0.3, -0.25) is 9.10 Å². The lowest BCUT2D eigenvalue weighted by Gasteiger charge is -2.33. The molecule has 0 spiro atoms. The Morgan fingerprint density at radius 2 is 1.68 bits per heavy atom. The second-order valence-electron chi connectivity index (χ2n) is 8.16. The molecular weight excluding hydrogens is 468 g/mol. The first-order chi connectivity index (χ1) is 16.4. The molecule has 176 valence electrons. The molecule has 3 aromatic carbocycles. The number of halogens is 1. The summed E-state index contributed by atoms with van der Waals surface area (Å²) in [4.78, 5) is 13.3. The lowest BCUT2D eigenvalue weighted by Crippen LogP contribution is -2.39. The number of amides is 1. The normalized spacial score (nSPS) is 14.6. The molecule has 0 bridgehead atoms. The number of nitrogens with one attached hydrogen (secondary N) is 1. The fraction of sp³-hybridized carbons (Fsp3) is 0.222. The summed E-state index contributed by atoms with van der Waals surface area (Å²) in [6.07, 6.45) is 3.16. The van der Waals surface area contributed by atoms with Crippen LogP contribution in [0.1, 0.15) is 43.4 Å². The molecule has 7 heteroatoms. The average molecular weight is 495 g/mol. The van der Waals surface area contributed by atoms with Gasteiger partial charge in [0.2, 0.25) is 0 Å². The van der Waals surface area contributed by atoms with Crippen molar-refractivity contribution in [3.8, 4) is 0 Å². The molecule has 0 atom stereocenters. The van der Waals surface area contributed by atoms with Crippen molar-refractivity contribution >= 4 is 44.5 Å². The van der Waals surface area contributed by atoms with Crippen LogP contribution in [0.3, 0.4) is 0 Å². The van der Waals surface area contributed by atoms with Gasteiger partial charge in [0, 0.05) is 28.4 Å². The summed E-state index contributed by atoms with van der Waals surface area (Å²) in [5.74, 6) is -0.677. The molecule has 0 radical (unpaired) electrons. The predicted molar refractivity (Wildman–Crippen MR) is 140 cm³/mol. The van der Waals surface area contributed by atoms with E-state index in [9.17, 15) is 13.2 Å². The number of hydrogen-bond acceptors (Lipinski definition) is 3. The van der Waals surface area contributed by atoms with Crippen molar-refractivity contribution in [3.05, 3.63) is 99.4 Å². The molecule has 1 amide bonds. The van der Waals surface area contributed by atoms with Crippen molar-refractivity contribution in [2.75, 3.05) is 16.2 Å². The maximum Gasteiger partial charge on any atom is 0.270 e. The van der Waals surface area contributed by atoms with Gasteiger partial charge in [0.15, 0.2) is 4.91 Å². The molecule has 1 N–H and O–H groups in total. The first-order valence-electron chi connectivity index (χ1n) is 11.4. The van der Waals surface area contributed by atoms with E-state index in [0.717, 1.165) is 19.3 Å². The molecule has 4 rings (SSSR count). The zero-order valence-electron chi connectivity index (χ0n) is 19.2. The van der Waals surface area contributed by atoms with Gasteiger partial charge in [-0.1, -0.05) is 67.4 Å². The Hall–Kier alpha value is -3.09. The van der Waals surface area contributed by atoms with Crippen LogP contribution in [0.25, 0.3) is 5.57 Å². The molecule has 0 aromatic heterocycles. The molecule has 1 aliphatic rings. The number of unbranched alkanes of at least 4 members (excludes halogenated alkanes) is 1. The van der Waals surface area contributed by atoms with E-state index in [0.29, 0.717) is 33.1 Å². The summed E-state index contributed by atoms with van der Waals surface area (Å²) in [5, 5.41) is 3.27. The third-order valence-electron chi connectivity index (χ3n) is 5.86. The SMILES string of the molecule is CCCCc1ccc(NC(=O)C2=C(c3ccccc3)c3cc(Cl)ccc3N(CC)S2(=O)=O)cc1. The molecule has 0 saturated heterocycles. The highest BCUT2D eigenvalue weighted by Gasteiger charge is 2.40. The number of carbonyl (C=O) groups excluding carboxylic acids is 1. The van der Waals surface area contributed by atoms with Crippen molar-refractivity contribution in [3.63, 3.8) is 0 Å². The number of fused-ring (bicyclic) bond motifs is 1. The van der Waals surface area contributed by atoms with Gasteiger partial charge in [0.25, 0.3) is 15.9 Å². The maximum absolute atomic E-state index is 13.8. The fourth-order valence-corrected chi connectivity index (χ4v) is 6.12. The molecule has 0 aliphatic carbocycles. The number of rotatable bonds is 7. The van der Waals surface area contributed by atoms with Crippen LogP contribution in [-0.4, -0.2) is 20.9 Å². The molecule has 1 heterocycles. The van der Waals surface area contributed by atoms with E-state index < -0.39 is 15.9 Å². The van der Waals surface area contributed by atoms with Crippen LogP contribution in [0.4, 0.5) is 11.4 Å². The number of carbonyl (C=O) groups is 1. The molecule has 34 heavy (non-hydrogen) atoms. The fourth-order valence-electron chi connectivity index (χ4n) is 4.20. The van der Waals surface area contributed by atoms with Crippen LogP contribution in [0.2, 0.25) is 5.02 Å². The first-order valence-corrected chi connectivity index (χ1v) is 13.2. The molecule has 0 fully saturated rings.